The van der Waals surface area contributed by atoms with E-state index < -0.39 is 11.9 Å². The number of nitrogens with one attached hydrogen (secondary N) is 2. The van der Waals surface area contributed by atoms with Gasteiger partial charge in [-0.05, 0) is 56.7 Å². The molecule has 2 aliphatic rings. The molecule has 0 radical (unpaired) electrons. The molecule has 35 heavy (non-hydrogen) atoms. The lowest BCUT2D eigenvalue weighted by molar-refractivity contribution is -0.146. The van der Waals surface area contributed by atoms with Crippen LogP contribution in [0.3, 0.4) is 0 Å². The van der Waals surface area contributed by atoms with Gasteiger partial charge >= 0.3 is 5.97 Å². The second kappa shape index (κ2) is 15.4. The molecule has 3 rings (SSSR count). The van der Waals surface area contributed by atoms with Crippen molar-refractivity contribution in [1.29, 1.82) is 0 Å². The Morgan fingerprint density at radius 3 is 2.63 bits per heavy atom. The van der Waals surface area contributed by atoms with Crippen molar-refractivity contribution in [3.63, 3.8) is 0 Å². The Kier molecular flexibility index (Phi) is 12.6. The molecule has 2 fully saturated rings. The predicted octanol–water partition coefficient (Wildman–Crippen LogP) is 2.58. The lowest BCUT2D eigenvalue weighted by Crippen LogP contribution is -2.46. The van der Waals surface area contributed by atoms with Crippen molar-refractivity contribution < 1.29 is 19.1 Å². The number of amides is 2. The molecule has 0 saturated carbocycles. The molecule has 1 aromatic rings. The number of terminal acetylenes is 1. The highest BCUT2D eigenvalue weighted by atomic mass is 35.5. The number of halogens is 1. The molecule has 2 saturated heterocycles. The van der Waals surface area contributed by atoms with Gasteiger partial charge in [-0.3, -0.25) is 14.4 Å². The summed E-state index contributed by atoms with van der Waals surface area (Å²) in [6.07, 6.45) is 11.4. The molecule has 2 amide bonds. The monoisotopic (exact) mass is 503 g/mol. The minimum Gasteiger partial charge on any atom is -0.464 e. The third-order valence-electron chi connectivity index (χ3n) is 6.81. The SMILES string of the molecule is C#C[C@@H](CNC(=O)[C@@H]1CCCN(C(=O)CCC2CCNCC2)C1)C(=O)OCCc1ccccc1.Cl. The first-order valence-electron chi connectivity index (χ1n) is 12.5. The average Bonchev–Trinajstić information content (AvgIpc) is 2.88. The van der Waals surface area contributed by atoms with Gasteiger partial charge in [-0.2, -0.15) is 0 Å². The third-order valence-corrected chi connectivity index (χ3v) is 6.81. The Bertz CT molecular complexity index is 852. The second-order valence-corrected chi connectivity index (χ2v) is 9.28. The van der Waals surface area contributed by atoms with E-state index in [9.17, 15) is 14.4 Å². The van der Waals surface area contributed by atoms with Crippen LogP contribution in [-0.4, -0.2) is 62.0 Å². The van der Waals surface area contributed by atoms with E-state index in [1.807, 2.05) is 35.2 Å². The topological polar surface area (TPSA) is 87.7 Å². The van der Waals surface area contributed by atoms with Crippen LogP contribution >= 0.6 is 12.4 Å². The molecule has 2 atom stereocenters. The van der Waals surface area contributed by atoms with Gasteiger partial charge in [0.05, 0.1) is 12.5 Å². The molecule has 2 aliphatic heterocycles. The Hall–Kier alpha value is -2.56. The molecule has 0 aromatic heterocycles. The number of likely N-dealkylation sites (tertiary alicyclic amines) is 1. The van der Waals surface area contributed by atoms with Crippen molar-refractivity contribution >= 4 is 30.2 Å². The number of carbonyl (C=O) groups excluding carboxylic acids is 3. The van der Waals surface area contributed by atoms with Crippen LogP contribution in [0.1, 0.15) is 44.1 Å². The number of hydrogen-bond acceptors (Lipinski definition) is 5. The number of rotatable bonds is 10. The van der Waals surface area contributed by atoms with Crippen molar-refractivity contribution in [1.82, 2.24) is 15.5 Å². The number of esters is 1. The highest BCUT2D eigenvalue weighted by molar-refractivity contribution is 5.85. The Morgan fingerprint density at radius 2 is 1.91 bits per heavy atom. The summed E-state index contributed by atoms with van der Waals surface area (Å²) in [5, 5.41) is 6.16. The van der Waals surface area contributed by atoms with Gasteiger partial charge in [0.15, 0.2) is 0 Å². The summed E-state index contributed by atoms with van der Waals surface area (Å²) in [4.78, 5) is 39.6. The van der Waals surface area contributed by atoms with Crippen LogP contribution in [0.2, 0.25) is 0 Å². The maximum atomic E-state index is 12.7. The van der Waals surface area contributed by atoms with E-state index in [1.165, 1.54) is 0 Å². The number of benzene rings is 1. The zero-order valence-corrected chi connectivity index (χ0v) is 21.2. The standard InChI is InChI=1S/C27H37N3O4.ClH/c1-2-23(27(33)34-18-14-21-7-4-3-5-8-21)19-29-26(32)24-9-6-17-30(20-24)25(31)11-10-22-12-15-28-16-13-22;/h1,3-5,7-8,22-24,28H,6,9-20H2,(H,29,32);1H/t23-,24+;/m0./s1. The summed E-state index contributed by atoms with van der Waals surface area (Å²) in [5.41, 5.74) is 1.08. The van der Waals surface area contributed by atoms with Crippen LogP contribution < -0.4 is 10.6 Å². The number of ether oxygens (including phenoxy) is 1. The van der Waals surface area contributed by atoms with E-state index in [-0.39, 0.29) is 43.3 Å². The summed E-state index contributed by atoms with van der Waals surface area (Å²) >= 11 is 0. The molecule has 192 valence electrons. The molecule has 8 heteroatoms. The number of carbonyl (C=O) groups is 3. The predicted molar refractivity (Wildman–Crippen MR) is 138 cm³/mol. The van der Waals surface area contributed by atoms with Gasteiger partial charge in [0.25, 0.3) is 0 Å². The molecule has 1 aromatic carbocycles. The largest absolute Gasteiger partial charge is 0.464 e. The number of nitrogens with zero attached hydrogens (tertiary/aromatic N) is 1. The third kappa shape index (κ3) is 9.54. The lowest BCUT2D eigenvalue weighted by Gasteiger charge is -2.33. The Labute approximate surface area is 215 Å². The van der Waals surface area contributed by atoms with Crippen molar-refractivity contribution in [2.45, 2.75) is 44.9 Å². The van der Waals surface area contributed by atoms with Gasteiger partial charge in [0, 0.05) is 32.5 Å². The molecule has 0 spiro atoms. The minimum absolute atomic E-state index is 0. The summed E-state index contributed by atoms with van der Waals surface area (Å²) in [5.74, 6) is 1.41. The normalized spacial score (nSPS) is 19.1. The molecule has 7 nitrogen and oxygen atoms in total. The van der Waals surface area contributed by atoms with Crippen LogP contribution in [0.25, 0.3) is 0 Å². The Balaban J connectivity index is 0.00000432. The van der Waals surface area contributed by atoms with Gasteiger partial charge in [0.2, 0.25) is 11.8 Å². The molecular weight excluding hydrogens is 466 g/mol. The molecule has 0 unspecified atom stereocenters. The van der Waals surface area contributed by atoms with E-state index in [0.29, 0.717) is 31.8 Å². The average molecular weight is 504 g/mol. The van der Waals surface area contributed by atoms with Crippen molar-refractivity contribution in [3.05, 3.63) is 35.9 Å². The molecule has 0 bridgehead atoms. The van der Waals surface area contributed by atoms with Crippen LogP contribution in [0, 0.1) is 30.1 Å². The maximum Gasteiger partial charge on any atom is 0.322 e. The maximum absolute atomic E-state index is 12.7. The summed E-state index contributed by atoms with van der Waals surface area (Å²) in [6.45, 7) is 3.48. The lowest BCUT2D eigenvalue weighted by atomic mass is 9.92. The highest BCUT2D eigenvalue weighted by Gasteiger charge is 2.29. The summed E-state index contributed by atoms with van der Waals surface area (Å²) in [6, 6.07) is 9.75. The summed E-state index contributed by atoms with van der Waals surface area (Å²) in [7, 11) is 0. The highest BCUT2D eigenvalue weighted by Crippen LogP contribution is 2.21. The van der Waals surface area contributed by atoms with E-state index >= 15 is 0 Å². The first-order valence-corrected chi connectivity index (χ1v) is 12.5. The fourth-order valence-electron chi connectivity index (χ4n) is 4.65. The fraction of sp³-hybridized carbons (Fsp3) is 0.593. The van der Waals surface area contributed by atoms with Gasteiger partial charge < -0.3 is 20.3 Å². The molecule has 0 aliphatic carbocycles. The van der Waals surface area contributed by atoms with Crippen LogP contribution in [0.5, 0.6) is 0 Å². The van der Waals surface area contributed by atoms with Gasteiger partial charge in [0.1, 0.15) is 5.92 Å². The zero-order chi connectivity index (χ0) is 24.2. The molecule has 2 N–H and O–H groups in total. The smallest absolute Gasteiger partial charge is 0.322 e. The first kappa shape index (κ1) is 28.7. The van der Waals surface area contributed by atoms with Crippen molar-refractivity contribution in [3.8, 4) is 12.3 Å². The van der Waals surface area contributed by atoms with E-state index in [2.05, 4.69) is 16.6 Å². The molecular formula is C27H38ClN3O4. The van der Waals surface area contributed by atoms with Gasteiger partial charge in [-0.15, -0.1) is 18.8 Å². The summed E-state index contributed by atoms with van der Waals surface area (Å²) < 4.78 is 5.31. The fourth-order valence-corrected chi connectivity index (χ4v) is 4.65. The zero-order valence-electron chi connectivity index (χ0n) is 20.4. The van der Waals surface area contributed by atoms with Crippen LogP contribution in [-0.2, 0) is 25.5 Å². The van der Waals surface area contributed by atoms with Crippen LogP contribution in [0.4, 0.5) is 0 Å². The van der Waals surface area contributed by atoms with E-state index in [4.69, 9.17) is 11.2 Å². The quantitative estimate of drug-likeness (QED) is 0.378. The second-order valence-electron chi connectivity index (χ2n) is 9.28. The molecule has 2 heterocycles. The van der Waals surface area contributed by atoms with Gasteiger partial charge in [-0.25, -0.2) is 0 Å². The van der Waals surface area contributed by atoms with E-state index in [0.717, 1.165) is 50.8 Å². The number of hydrogen-bond donors (Lipinski definition) is 2. The minimum atomic E-state index is -0.828. The van der Waals surface area contributed by atoms with E-state index in [1.54, 1.807) is 0 Å². The van der Waals surface area contributed by atoms with Gasteiger partial charge in [-0.1, -0.05) is 36.3 Å². The first-order chi connectivity index (χ1) is 16.6. The number of piperidine rings is 2. The Morgan fingerprint density at radius 1 is 1.17 bits per heavy atom. The van der Waals surface area contributed by atoms with Crippen molar-refractivity contribution in [2.75, 3.05) is 39.3 Å². The van der Waals surface area contributed by atoms with Crippen LogP contribution in [0.15, 0.2) is 30.3 Å². The van der Waals surface area contributed by atoms with Crippen molar-refractivity contribution in [2.24, 2.45) is 17.8 Å².